The van der Waals surface area contributed by atoms with E-state index in [0.717, 1.165) is 15.4 Å². The van der Waals surface area contributed by atoms with Crippen molar-refractivity contribution in [3.05, 3.63) is 93.5 Å². The molecule has 214 valence electrons. The van der Waals surface area contributed by atoms with Crippen molar-refractivity contribution >= 4 is 50.7 Å². The Labute approximate surface area is 247 Å². The Morgan fingerprint density at radius 3 is 2.12 bits per heavy atom. The largest absolute Gasteiger partial charge is 0.350 e. The van der Waals surface area contributed by atoms with E-state index < -0.39 is 34.1 Å². The van der Waals surface area contributed by atoms with Crippen molar-refractivity contribution in [1.82, 2.24) is 10.2 Å². The second kappa shape index (κ2) is 12.6. The van der Waals surface area contributed by atoms with E-state index in [1.165, 1.54) is 29.2 Å². The summed E-state index contributed by atoms with van der Waals surface area (Å²) in [5, 5.41) is 3.78. The van der Waals surface area contributed by atoms with Crippen LogP contribution in [0.3, 0.4) is 0 Å². The molecule has 0 saturated carbocycles. The van der Waals surface area contributed by atoms with Gasteiger partial charge in [-0.2, -0.15) is 0 Å². The first kappa shape index (κ1) is 31.5. The first-order valence-corrected chi connectivity index (χ1v) is 15.0. The number of amides is 2. The summed E-state index contributed by atoms with van der Waals surface area (Å²) in [7, 11) is -4.18. The van der Waals surface area contributed by atoms with E-state index in [-0.39, 0.29) is 17.3 Å². The zero-order valence-corrected chi connectivity index (χ0v) is 25.9. The molecule has 0 aliphatic heterocycles. The number of aryl methyl sites for hydroxylation is 2. The lowest BCUT2D eigenvalue weighted by atomic mass is 10.1. The minimum atomic E-state index is -4.18. The van der Waals surface area contributed by atoms with Gasteiger partial charge in [-0.1, -0.05) is 41.4 Å². The third-order valence-electron chi connectivity index (χ3n) is 6.37. The van der Waals surface area contributed by atoms with Crippen LogP contribution in [0.1, 0.15) is 44.4 Å². The number of hydrogen-bond acceptors (Lipinski definition) is 4. The molecular formula is C30H35Cl2N3O4S. The van der Waals surface area contributed by atoms with Crippen molar-refractivity contribution in [1.29, 1.82) is 0 Å². The molecule has 3 aromatic rings. The lowest BCUT2D eigenvalue weighted by Gasteiger charge is -2.33. The van der Waals surface area contributed by atoms with Gasteiger partial charge in [0.05, 0.1) is 10.6 Å². The van der Waals surface area contributed by atoms with Gasteiger partial charge >= 0.3 is 0 Å². The quantitative estimate of drug-likeness (QED) is 0.318. The fourth-order valence-electron chi connectivity index (χ4n) is 4.03. The molecule has 0 saturated heterocycles. The summed E-state index contributed by atoms with van der Waals surface area (Å²) in [4.78, 5) is 28.5. The number of halogens is 2. The van der Waals surface area contributed by atoms with Crippen LogP contribution < -0.4 is 9.62 Å². The smallest absolute Gasteiger partial charge is 0.264 e. The summed E-state index contributed by atoms with van der Waals surface area (Å²) in [5.41, 5.74) is 2.36. The van der Waals surface area contributed by atoms with Gasteiger partial charge in [-0.3, -0.25) is 13.9 Å². The third kappa shape index (κ3) is 7.99. The molecule has 0 aliphatic rings. The Morgan fingerprint density at radius 1 is 0.900 bits per heavy atom. The van der Waals surface area contributed by atoms with Crippen molar-refractivity contribution < 1.29 is 18.0 Å². The summed E-state index contributed by atoms with van der Waals surface area (Å²) in [6, 6.07) is 17.1. The maximum Gasteiger partial charge on any atom is 0.264 e. The Hall–Kier alpha value is -3.07. The van der Waals surface area contributed by atoms with Crippen LogP contribution in [-0.4, -0.2) is 43.3 Å². The number of carbonyl (C=O) groups is 2. The van der Waals surface area contributed by atoms with Gasteiger partial charge in [-0.15, -0.1) is 0 Å². The Bertz CT molecular complexity index is 1490. The highest BCUT2D eigenvalue weighted by molar-refractivity contribution is 7.92. The average molecular weight is 605 g/mol. The second-order valence-electron chi connectivity index (χ2n) is 10.8. The third-order valence-corrected chi connectivity index (χ3v) is 8.64. The second-order valence-corrected chi connectivity index (χ2v) is 13.5. The predicted molar refractivity (Wildman–Crippen MR) is 161 cm³/mol. The molecule has 0 radical (unpaired) electrons. The number of nitrogens with zero attached hydrogens (tertiary/aromatic N) is 2. The fraction of sp³-hybridized carbons (Fsp3) is 0.333. The van der Waals surface area contributed by atoms with E-state index in [1.54, 1.807) is 43.3 Å². The topological polar surface area (TPSA) is 86.8 Å². The number of rotatable bonds is 9. The highest BCUT2D eigenvalue weighted by Crippen LogP contribution is 2.27. The molecule has 0 spiro atoms. The van der Waals surface area contributed by atoms with Gasteiger partial charge < -0.3 is 10.2 Å². The average Bonchev–Trinajstić information content (AvgIpc) is 2.86. The number of benzene rings is 3. The van der Waals surface area contributed by atoms with Gasteiger partial charge in [0.25, 0.3) is 10.0 Å². The summed E-state index contributed by atoms with van der Waals surface area (Å²) in [5.74, 6) is -0.909. The minimum absolute atomic E-state index is 0.0113. The van der Waals surface area contributed by atoms with Crippen LogP contribution in [0, 0.1) is 13.8 Å². The Balaban J connectivity index is 2.07. The monoisotopic (exact) mass is 603 g/mol. The van der Waals surface area contributed by atoms with Crippen molar-refractivity contribution in [2.24, 2.45) is 0 Å². The SMILES string of the molecule is Cc1ccc(N(CC(=O)N(Cc2cccc(Cl)c2)[C@@H](C)C(=O)NC(C)(C)C)S(=O)(=O)c2ccc(Cl)cc2)cc1C. The van der Waals surface area contributed by atoms with Gasteiger partial charge in [0, 0.05) is 22.1 Å². The first-order chi connectivity index (χ1) is 18.6. The maximum atomic E-state index is 14.0. The Morgan fingerprint density at radius 2 is 1.55 bits per heavy atom. The van der Waals surface area contributed by atoms with Crippen molar-refractivity contribution in [2.45, 2.75) is 64.6 Å². The molecular weight excluding hydrogens is 569 g/mol. The van der Waals surface area contributed by atoms with Crippen LogP contribution >= 0.6 is 23.2 Å². The number of anilines is 1. The van der Waals surface area contributed by atoms with E-state index in [4.69, 9.17) is 23.2 Å². The van der Waals surface area contributed by atoms with Gasteiger partial charge in [-0.05, 0) is 107 Å². The number of sulfonamides is 1. The van der Waals surface area contributed by atoms with Crippen LogP contribution in [-0.2, 0) is 26.2 Å². The van der Waals surface area contributed by atoms with Crippen molar-refractivity contribution in [3.8, 4) is 0 Å². The van der Waals surface area contributed by atoms with Gasteiger partial charge in [0.15, 0.2) is 0 Å². The highest BCUT2D eigenvalue weighted by Gasteiger charge is 2.33. The predicted octanol–water partition coefficient (Wildman–Crippen LogP) is 6.14. The van der Waals surface area contributed by atoms with E-state index in [2.05, 4.69) is 5.32 Å². The lowest BCUT2D eigenvalue weighted by Crippen LogP contribution is -2.54. The molecule has 10 heteroatoms. The zero-order chi connectivity index (χ0) is 29.8. The standard InChI is InChI=1S/C30H35Cl2N3O4S/c1-20-10-13-26(16-21(20)2)35(40(38,39)27-14-11-24(31)12-15-27)19-28(36)34(18-23-8-7-9-25(32)17-23)22(3)29(37)33-30(4,5)6/h7-17,22H,18-19H2,1-6H3,(H,33,37)/t22-/m0/s1. The molecule has 1 N–H and O–H groups in total. The molecule has 40 heavy (non-hydrogen) atoms. The number of hydrogen-bond donors (Lipinski definition) is 1. The van der Waals surface area contributed by atoms with Gasteiger partial charge in [0.2, 0.25) is 11.8 Å². The lowest BCUT2D eigenvalue weighted by molar-refractivity contribution is -0.140. The summed E-state index contributed by atoms with van der Waals surface area (Å²) < 4.78 is 28.9. The molecule has 3 rings (SSSR count). The van der Waals surface area contributed by atoms with Crippen LogP contribution in [0.5, 0.6) is 0 Å². The molecule has 0 heterocycles. The molecule has 0 aromatic heterocycles. The number of nitrogens with one attached hydrogen (secondary N) is 1. The van der Waals surface area contributed by atoms with E-state index in [1.807, 2.05) is 40.7 Å². The van der Waals surface area contributed by atoms with Crippen molar-refractivity contribution in [3.63, 3.8) is 0 Å². The fourth-order valence-corrected chi connectivity index (χ4v) is 5.78. The van der Waals surface area contributed by atoms with Crippen LogP contribution in [0.4, 0.5) is 5.69 Å². The van der Waals surface area contributed by atoms with Crippen molar-refractivity contribution in [2.75, 3.05) is 10.8 Å². The van der Waals surface area contributed by atoms with E-state index in [9.17, 15) is 18.0 Å². The molecule has 7 nitrogen and oxygen atoms in total. The van der Waals surface area contributed by atoms with Gasteiger partial charge in [-0.25, -0.2) is 8.42 Å². The number of carbonyl (C=O) groups excluding carboxylic acids is 2. The Kier molecular flexibility index (Phi) is 9.93. The molecule has 2 amide bonds. The first-order valence-electron chi connectivity index (χ1n) is 12.8. The normalized spacial score (nSPS) is 12.5. The van der Waals surface area contributed by atoms with Crippen LogP contribution in [0.15, 0.2) is 71.6 Å². The summed E-state index contributed by atoms with van der Waals surface area (Å²) in [6.45, 7) is 10.5. The molecule has 0 bridgehead atoms. The van der Waals surface area contributed by atoms with E-state index in [0.29, 0.717) is 21.3 Å². The molecule has 1 atom stereocenters. The summed E-state index contributed by atoms with van der Waals surface area (Å²) >= 11 is 12.2. The molecule has 0 aliphatic carbocycles. The van der Waals surface area contributed by atoms with Crippen LogP contribution in [0.2, 0.25) is 10.0 Å². The molecule has 0 unspecified atom stereocenters. The van der Waals surface area contributed by atoms with Crippen LogP contribution in [0.25, 0.3) is 0 Å². The van der Waals surface area contributed by atoms with E-state index >= 15 is 0 Å². The zero-order valence-electron chi connectivity index (χ0n) is 23.5. The summed E-state index contributed by atoms with van der Waals surface area (Å²) in [6.07, 6.45) is 0. The maximum absolute atomic E-state index is 14.0. The highest BCUT2D eigenvalue weighted by atomic mass is 35.5. The minimum Gasteiger partial charge on any atom is -0.350 e. The molecule has 3 aromatic carbocycles. The molecule has 0 fully saturated rings. The van der Waals surface area contributed by atoms with Gasteiger partial charge in [0.1, 0.15) is 12.6 Å².